The highest BCUT2D eigenvalue weighted by molar-refractivity contribution is 6.30. The zero-order chi connectivity index (χ0) is 14.5. The molecule has 2 aromatic carbocycles. The number of hydrazine groups is 1. The summed E-state index contributed by atoms with van der Waals surface area (Å²) in [6.45, 7) is 2.15. The molecule has 0 aliphatic heterocycles. The van der Waals surface area contributed by atoms with Crippen molar-refractivity contribution in [3.05, 3.63) is 70.0 Å². The molecule has 20 heavy (non-hydrogen) atoms. The topological polar surface area (TPSA) is 38.0 Å². The molecule has 0 saturated heterocycles. The third-order valence-electron chi connectivity index (χ3n) is 3.30. The third-order valence-corrected chi connectivity index (χ3v) is 3.60. The minimum absolute atomic E-state index is 0.114. The molecular weight excluding hydrogens is 275 g/mol. The van der Waals surface area contributed by atoms with Crippen molar-refractivity contribution in [2.24, 2.45) is 5.84 Å². The zero-order valence-corrected chi connectivity index (χ0v) is 12.1. The van der Waals surface area contributed by atoms with Gasteiger partial charge < -0.3 is 0 Å². The number of hydrogen-bond acceptors (Lipinski definition) is 2. The van der Waals surface area contributed by atoms with E-state index in [2.05, 4.69) is 24.5 Å². The molecule has 0 saturated carbocycles. The molecule has 0 bridgehead atoms. The average molecular weight is 293 g/mol. The van der Waals surface area contributed by atoms with Crippen LogP contribution < -0.4 is 11.3 Å². The van der Waals surface area contributed by atoms with E-state index in [-0.39, 0.29) is 11.1 Å². The van der Waals surface area contributed by atoms with Crippen molar-refractivity contribution in [3.63, 3.8) is 0 Å². The maximum absolute atomic E-state index is 13.6. The fourth-order valence-corrected chi connectivity index (χ4v) is 2.36. The van der Waals surface area contributed by atoms with Crippen molar-refractivity contribution < 1.29 is 4.39 Å². The van der Waals surface area contributed by atoms with Crippen molar-refractivity contribution in [2.75, 3.05) is 0 Å². The molecule has 0 amide bonds. The van der Waals surface area contributed by atoms with Crippen LogP contribution in [-0.2, 0) is 6.42 Å². The minimum atomic E-state index is -0.438. The second kappa shape index (κ2) is 6.84. The van der Waals surface area contributed by atoms with Crippen LogP contribution in [0, 0.1) is 5.82 Å². The van der Waals surface area contributed by atoms with Gasteiger partial charge in [-0.3, -0.25) is 5.84 Å². The maximum atomic E-state index is 13.6. The number of hydrogen-bond donors (Lipinski definition) is 2. The van der Waals surface area contributed by atoms with Crippen molar-refractivity contribution in [1.29, 1.82) is 0 Å². The van der Waals surface area contributed by atoms with Gasteiger partial charge >= 0.3 is 0 Å². The summed E-state index contributed by atoms with van der Waals surface area (Å²) in [5.74, 6) is 5.18. The first-order valence-corrected chi connectivity index (χ1v) is 7.03. The van der Waals surface area contributed by atoms with Crippen LogP contribution in [0.3, 0.4) is 0 Å². The molecule has 0 radical (unpaired) electrons. The lowest BCUT2D eigenvalue weighted by molar-refractivity contribution is 0.605. The fourth-order valence-electron chi connectivity index (χ4n) is 2.24. The zero-order valence-electron chi connectivity index (χ0n) is 11.4. The molecule has 0 heterocycles. The van der Waals surface area contributed by atoms with Crippen molar-refractivity contribution in [3.8, 4) is 0 Å². The highest BCUT2D eigenvalue weighted by Gasteiger charge is 2.14. The highest BCUT2D eigenvalue weighted by Crippen LogP contribution is 2.25. The van der Waals surface area contributed by atoms with Crippen molar-refractivity contribution >= 4 is 11.6 Å². The lowest BCUT2D eigenvalue weighted by Gasteiger charge is -2.17. The van der Waals surface area contributed by atoms with Crippen molar-refractivity contribution in [2.45, 2.75) is 25.8 Å². The molecule has 0 aliphatic carbocycles. The number of aryl methyl sites for hydroxylation is 1. The van der Waals surface area contributed by atoms with Crippen LogP contribution in [0.4, 0.5) is 4.39 Å². The number of nitrogens with two attached hydrogens (primary N) is 1. The summed E-state index contributed by atoms with van der Waals surface area (Å²) in [5.41, 5.74) is 5.75. The Bertz CT molecular complexity index is 569. The molecule has 0 aliphatic rings. The minimum Gasteiger partial charge on any atom is -0.271 e. The van der Waals surface area contributed by atoms with E-state index in [1.54, 1.807) is 12.1 Å². The summed E-state index contributed by atoms with van der Waals surface area (Å²) >= 11 is 5.70. The van der Waals surface area contributed by atoms with Crippen molar-refractivity contribution in [1.82, 2.24) is 5.43 Å². The van der Waals surface area contributed by atoms with E-state index in [1.165, 1.54) is 11.6 Å². The Hall–Kier alpha value is -1.42. The molecule has 1 unspecified atom stereocenters. The van der Waals surface area contributed by atoms with Gasteiger partial charge in [-0.2, -0.15) is 0 Å². The van der Waals surface area contributed by atoms with Crippen LogP contribution in [0.5, 0.6) is 0 Å². The number of nitrogens with one attached hydrogen (secondary N) is 1. The molecule has 0 fully saturated rings. The van der Waals surface area contributed by atoms with Crippen LogP contribution in [0.1, 0.15) is 36.1 Å². The standard InChI is InChI=1S/C16H18ClFN2/c1-2-3-11-4-6-12(7-5-11)16(20-19)13-8-9-14(17)15(18)10-13/h4-10,16,20H,2-3,19H2,1H3. The van der Waals surface area contributed by atoms with Crippen LogP contribution >= 0.6 is 11.6 Å². The molecule has 0 aromatic heterocycles. The summed E-state index contributed by atoms with van der Waals surface area (Å²) in [5, 5.41) is 0.114. The van der Waals surface area contributed by atoms with Gasteiger partial charge in [0.1, 0.15) is 5.82 Å². The van der Waals surface area contributed by atoms with Crippen LogP contribution in [-0.4, -0.2) is 0 Å². The smallest absolute Gasteiger partial charge is 0.142 e. The Morgan fingerprint density at radius 3 is 2.35 bits per heavy atom. The maximum Gasteiger partial charge on any atom is 0.142 e. The van der Waals surface area contributed by atoms with Gasteiger partial charge in [0.25, 0.3) is 0 Å². The number of halogens is 2. The molecule has 1 atom stereocenters. The predicted octanol–water partition coefficient (Wildman–Crippen LogP) is 3.98. The summed E-state index contributed by atoms with van der Waals surface area (Å²) < 4.78 is 13.6. The Kier molecular flexibility index (Phi) is 5.12. The average Bonchev–Trinajstić information content (AvgIpc) is 2.46. The quantitative estimate of drug-likeness (QED) is 0.646. The molecule has 2 aromatic rings. The van der Waals surface area contributed by atoms with Gasteiger partial charge in [0.05, 0.1) is 11.1 Å². The lowest BCUT2D eigenvalue weighted by atomic mass is 9.97. The Morgan fingerprint density at radius 2 is 1.80 bits per heavy atom. The summed E-state index contributed by atoms with van der Waals surface area (Å²) in [6, 6.07) is 12.7. The first-order chi connectivity index (χ1) is 9.65. The monoisotopic (exact) mass is 292 g/mol. The van der Waals surface area contributed by atoms with Gasteiger partial charge in [0.15, 0.2) is 0 Å². The van der Waals surface area contributed by atoms with E-state index in [0.717, 1.165) is 24.0 Å². The molecule has 3 N–H and O–H groups in total. The van der Waals surface area contributed by atoms with E-state index in [4.69, 9.17) is 17.4 Å². The van der Waals surface area contributed by atoms with E-state index >= 15 is 0 Å². The van der Waals surface area contributed by atoms with Crippen LogP contribution in [0.25, 0.3) is 0 Å². The molecule has 106 valence electrons. The second-order valence-corrected chi connectivity index (χ2v) is 5.17. The SMILES string of the molecule is CCCc1ccc(C(NN)c2ccc(Cl)c(F)c2)cc1. The Morgan fingerprint density at radius 1 is 1.15 bits per heavy atom. The number of rotatable bonds is 5. The first-order valence-electron chi connectivity index (χ1n) is 6.65. The largest absolute Gasteiger partial charge is 0.271 e. The molecule has 2 nitrogen and oxygen atoms in total. The first kappa shape index (κ1) is 15.0. The number of benzene rings is 2. The Balaban J connectivity index is 2.29. The summed E-state index contributed by atoms with van der Waals surface area (Å²) in [7, 11) is 0. The van der Waals surface area contributed by atoms with E-state index < -0.39 is 5.82 Å². The summed E-state index contributed by atoms with van der Waals surface area (Å²) in [6.07, 6.45) is 2.16. The molecular formula is C16H18ClFN2. The Labute approximate surface area is 123 Å². The molecule has 0 spiro atoms. The van der Waals surface area contributed by atoms with E-state index in [1.807, 2.05) is 12.1 Å². The summed E-state index contributed by atoms with van der Waals surface area (Å²) in [4.78, 5) is 0. The lowest BCUT2D eigenvalue weighted by Crippen LogP contribution is -2.28. The fraction of sp³-hybridized carbons (Fsp3) is 0.250. The van der Waals surface area contributed by atoms with Gasteiger partial charge in [0, 0.05) is 0 Å². The van der Waals surface area contributed by atoms with E-state index in [9.17, 15) is 4.39 Å². The highest BCUT2D eigenvalue weighted by atomic mass is 35.5. The van der Waals surface area contributed by atoms with Gasteiger partial charge in [-0.05, 0) is 35.2 Å². The predicted molar refractivity (Wildman–Crippen MR) is 81.0 cm³/mol. The van der Waals surface area contributed by atoms with Gasteiger partial charge in [0.2, 0.25) is 0 Å². The molecule has 2 rings (SSSR count). The second-order valence-electron chi connectivity index (χ2n) is 4.76. The third kappa shape index (κ3) is 3.37. The van der Waals surface area contributed by atoms with Crippen LogP contribution in [0.2, 0.25) is 5.02 Å². The van der Waals surface area contributed by atoms with Crippen LogP contribution in [0.15, 0.2) is 42.5 Å². The van der Waals surface area contributed by atoms with Gasteiger partial charge in [-0.25, -0.2) is 9.82 Å². The molecule has 4 heteroatoms. The van der Waals surface area contributed by atoms with Gasteiger partial charge in [-0.1, -0.05) is 55.3 Å². The normalized spacial score (nSPS) is 12.4. The van der Waals surface area contributed by atoms with E-state index in [0.29, 0.717) is 0 Å². The van der Waals surface area contributed by atoms with Gasteiger partial charge in [-0.15, -0.1) is 0 Å².